The van der Waals surface area contributed by atoms with Crippen LogP contribution in [0.1, 0.15) is 41.6 Å². The largest absolute Gasteiger partial charge is 0.408 e. The number of aromatic amines is 1. The van der Waals surface area contributed by atoms with Crippen molar-refractivity contribution in [3.63, 3.8) is 0 Å². The zero-order valence-electron chi connectivity index (χ0n) is 14.5. The summed E-state index contributed by atoms with van der Waals surface area (Å²) in [5, 5.41) is 10.1. The predicted molar refractivity (Wildman–Crippen MR) is 93.3 cm³/mol. The first-order valence-electron chi connectivity index (χ1n) is 8.36. The lowest BCUT2D eigenvalue weighted by Crippen LogP contribution is -2.47. The van der Waals surface area contributed by atoms with E-state index in [1.165, 1.54) is 6.20 Å². The van der Waals surface area contributed by atoms with Gasteiger partial charge in [-0.3, -0.25) is 9.78 Å². The second-order valence-corrected chi connectivity index (χ2v) is 6.46. The highest BCUT2D eigenvalue weighted by molar-refractivity contribution is 6.09. The van der Waals surface area contributed by atoms with Gasteiger partial charge in [0.2, 0.25) is 0 Å². The van der Waals surface area contributed by atoms with Gasteiger partial charge in [-0.15, -0.1) is 0 Å². The number of allylic oxidation sites excluding steroid dienone is 2. The molecule has 2 heterocycles. The van der Waals surface area contributed by atoms with Crippen molar-refractivity contribution in [1.82, 2.24) is 20.3 Å². The van der Waals surface area contributed by atoms with Crippen molar-refractivity contribution in [1.29, 1.82) is 5.41 Å². The second-order valence-electron chi connectivity index (χ2n) is 6.46. The SMILES string of the molecule is C/C(=C/C(=N)c1cccnc1)c1ncc(C(=O)NC(C2CC2)C(F)(F)F)[nH]1. The Morgan fingerprint density at radius 3 is 2.74 bits per heavy atom. The summed E-state index contributed by atoms with van der Waals surface area (Å²) < 4.78 is 39.1. The number of pyridine rings is 1. The smallest absolute Gasteiger partial charge is 0.339 e. The molecule has 1 amide bonds. The zero-order chi connectivity index (χ0) is 19.6. The average molecular weight is 377 g/mol. The molecule has 27 heavy (non-hydrogen) atoms. The third-order valence-corrected chi connectivity index (χ3v) is 4.26. The van der Waals surface area contributed by atoms with Gasteiger partial charge >= 0.3 is 6.18 Å². The lowest BCUT2D eigenvalue weighted by molar-refractivity contribution is -0.158. The maximum atomic E-state index is 13.0. The molecule has 0 radical (unpaired) electrons. The number of amides is 1. The number of hydrogen-bond acceptors (Lipinski definition) is 4. The van der Waals surface area contributed by atoms with Gasteiger partial charge in [-0.05, 0) is 49.5 Å². The van der Waals surface area contributed by atoms with E-state index in [4.69, 9.17) is 5.41 Å². The molecule has 1 atom stereocenters. The average Bonchev–Trinajstić information content (AvgIpc) is 3.33. The van der Waals surface area contributed by atoms with Crippen LogP contribution in [0.2, 0.25) is 0 Å². The number of hydrogen-bond donors (Lipinski definition) is 3. The highest BCUT2D eigenvalue weighted by atomic mass is 19.4. The molecule has 142 valence electrons. The summed E-state index contributed by atoms with van der Waals surface area (Å²) in [7, 11) is 0. The van der Waals surface area contributed by atoms with Gasteiger partial charge in [0, 0.05) is 18.0 Å². The van der Waals surface area contributed by atoms with Crippen molar-refractivity contribution < 1.29 is 18.0 Å². The van der Waals surface area contributed by atoms with Crippen molar-refractivity contribution in [2.24, 2.45) is 5.92 Å². The predicted octanol–water partition coefficient (Wildman–Crippen LogP) is 3.35. The zero-order valence-corrected chi connectivity index (χ0v) is 14.5. The molecular weight excluding hydrogens is 359 g/mol. The normalized spacial score (nSPS) is 16.1. The molecule has 0 spiro atoms. The van der Waals surface area contributed by atoms with E-state index in [0.29, 0.717) is 29.8 Å². The molecule has 0 bridgehead atoms. The Bertz CT molecular complexity index is 869. The topological polar surface area (TPSA) is 94.5 Å². The number of carbonyl (C=O) groups is 1. The van der Waals surface area contributed by atoms with Gasteiger partial charge in [0.05, 0.1) is 11.9 Å². The van der Waals surface area contributed by atoms with E-state index >= 15 is 0 Å². The molecule has 3 rings (SSSR count). The number of carbonyl (C=O) groups excluding carboxylic acids is 1. The number of halogens is 3. The number of nitrogens with zero attached hydrogens (tertiary/aromatic N) is 2. The highest BCUT2D eigenvalue weighted by Crippen LogP contribution is 2.40. The number of H-pyrrole nitrogens is 1. The van der Waals surface area contributed by atoms with E-state index in [1.54, 1.807) is 37.5 Å². The van der Waals surface area contributed by atoms with Crippen molar-refractivity contribution in [3.8, 4) is 0 Å². The fourth-order valence-electron chi connectivity index (χ4n) is 2.64. The number of alkyl halides is 3. The number of aromatic nitrogens is 3. The number of rotatable bonds is 6. The maximum Gasteiger partial charge on any atom is 0.408 e. The Balaban J connectivity index is 1.71. The van der Waals surface area contributed by atoms with Crippen LogP contribution in [0.5, 0.6) is 0 Å². The molecule has 1 aliphatic rings. The minimum absolute atomic E-state index is 0.0550. The monoisotopic (exact) mass is 377 g/mol. The van der Waals surface area contributed by atoms with Gasteiger partial charge in [0.1, 0.15) is 17.6 Å². The molecule has 9 heteroatoms. The van der Waals surface area contributed by atoms with Gasteiger partial charge in [-0.2, -0.15) is 13.2 Å². The Morgan fingerprint density at radius 2 is 2.15 bits per heavy atom. The fraction of sp³-hybridized carbons (Fsp3) is 0.333. The lowest BCUT2D eigenvalue weighted by atomic mass is 10.1. The molecule has 1 aliphatic carbocycles. The van der Waals surface area contributed by atoms with Crippen LogP contribution in [0, 0.1) is 11.3 Å². The van der Waals surface area contributed by atoms with E-state index in [9.17, 15) is 18.0 Å². The van der Waals surface area contributed by atoms with E-state index in [-0.39, 0.29) is 11.4 Å². The van der Waals surface area contributed by atoms with Crippen molar-refractivity contribution >= 4 is 17.2 Å². The first-order chi connectivity index (χ1) is 12.8. The number of imidazole rings is 1. The van der Waals surface area contributed by atoms with Gasteiger partial charge < -0.3 is 15.7 Å². The summed E-state index contributed by atoms with van der Waals surface area (Å²) in [5.74, 6) is -1.10. The van der Waals surface area contributed by atoms with Gasteiger partial charge in [0.25, 0.3) is 5.91 Å². The summed E-state index contributed by atoms with van der Waals surface area (Å²) in [6.07, 6.45) is 2.31. The standard InChI is InChI=1S/C18H18F3N5O/c1-10(7-13(22)12-3-2-6-23-8-12)16-24-9-14(25-16)17(27)26-15(11-4-5-11)18(19,20)21/h2-3,6-9,11,15,22H,4-5H2,1H3,(H,24,25)(H,26,27)/b10-7-,22-13?. The Hall–Kier alpha value is -2.97. The van der Waals surface area contributed by atoms with Crippen LogP contribution in [-0.4, -0.2) is 38.8 Å². The van der Waals surface area contributed by atoms with Crippen LogP contribution in [0.25, 0.3) is 5.57 Å². The van der Waals surface area contributed by atoms with Crippen LogP contribution in [0.4, 0.5) is 13.2 Å². The minimum atomic E-state index is -4.48. The third kappa shape index (κ3) is 4.60. The van der Waals surface area contributed by atoms with Crippen LogP contribution in [-0.2, 0) is 0 Å². The van der Waals surface area contributed by atoms with Crippen molar-refractivity contribution in [2.45, 2.75) is 32.0 Å². The summed E-state index contributed by atoms with van der Waals surface area (Å²) in [6, 6.07) is 1.60. The number of nitrogens with one attached hydrogen (secondary N) is 3. The minimum Gasteiger partial charge on any atom is -0.339 e. The molecule has 1 fully saturated rings. The highest BCUT2D eigenvalue weighted by Gasteiger charge is 2.49. The Kier molecular flexibility index (Phi) is 5.11. The molecule has 1 saturated carbocycles. The van der Waals surface area contributed by atoms with Crippen LogP contribution in [0.3, 0.4) is 0 Å². The molecular formula is C18H18F3N5O. The Morgan fingerprint density at radius 1 is 1.41 bits per heavy atom. The van der Waals surface area contributed by atoms with Gasteiger partial charge in [-0.25, -0.2) is 4.98 Å². The first-order valence-corrected chi connectivity index (χ1v) is 8.36. The summed E-state index contributed by atoms with van der Waals surface area (Å²) >= 11 is 0. The second kappa shape index (κ2) is 7.34. The van der Waals surface area contributed by atoms with E-state index in [2.05, 4.69) is 15.0 Å². The molecule has 6 nitrogen and oxygen atoms in total. The molecule has 1 unspecified atom stereocenters. The molecule has 3 N–H and O–H groups in total. The van der Waals surface area contributed by atoms with E-state index in [0.717, 1.165) is 0 Å². The lowest BCUT2D eigenvalue weighted by Gasteiger charge is -2.20. The van der Waals surface area contributed by atoms with Crippen LogP contribution >= 0.6 is 0 Å². The van der Waals surface area contributed by atoms with Crippen LogP contribution in [0.15, 0.2) is 36.8 Å². The maximum absolute atomic E-state index is 13.0. The van der Waals surface area contributed by atoms with Crippen LogP contribution < -0.4 is 5.32 Å². The van der Waals surface area contributed by atoms with Gasteiger partial charge in [0.15, 0.2) is 0 Å². The fourth-order valence-corrected chi connectivity index (χ4v) is 2.64. The molecule has 2 aromatic heterocycles. The van der Waals surface area contributed by atoms with Gasteiger partial charge in [-0.1, -0.05) is 0 Å². The third-order valence-electron chi connectivity index (χ3n) is 4.26. The molecule has 0 saturated heterocycles. The molecule has 2 aromatic rings. The molecule has 0 aromatic carbocycles. The van der Waals surface area contributed by atoms with Crippen molar-refractivity contribution in [3.05, 3.63) is 53.9 Å². The summed E-state index contributed by atoms with van der Waals surface area (Å²) in [4.78, 5) is 22.9. The van der Waals surface area contributed by atoms with E-state index in [1.807, 2.05) is 5.32 Å². The summed E-state index contributed by atoms with van der Waals surface area (Å²) in [5.41, 5.74) is 1.32. The molecule has 0 aliphatic heterocycles. The van der Waals surface area contributed by atoms with Crippen molar-refractivity contribution in [2.75, 3.05) is 0 Å². The summed E-state index contributed by atoms with van der Waals surface area (Å²) in [6.45, 7) is 1.69. The quantitative estimate of drug-likeness (QED) is 0.674. The Labute approximate surface area is 153 Å². The van der Waals surface area contributed by atoms with E-state index < -0.39 is 24.0 Å². The first kappa shape index (κ1) is 18.8.